The van der Waals surface area contributed by atoms with Gasteiger partial charge in [0.2, 0.25) is 27.7 Å². The molecule has 3 aliphatic heterocycles. The highest BCUT2D eigenvalue weighted by atomic mass is 32.2. The van der Waals surface area contributed by atoms with E-state index in [2.05, 4.69) is 31.9 Å². The molecule has 5 fully saturated rings. The topological polar surface area (TPSA) is 198 Å². The number of fused-ring (bicyclic) bond motifs is 5. The van der Waals surface area contributed by atoms with Crippen molar-refractivity contribution in [1.82, 2.24) is 35.1 Å². The van der Waals surface area contributed by atoms with Gasteiger partial charge in [-0.25, -0.2) is 13.2 Å². The van der Waals surface area contributed by atoms with Crippen molar-refractivity contribution in [3.63, 3.8) is 0 Å². The molecule has 2 aromatic rings. The summed E-state index contributed by atoms with van der Waals surface area (Å²) < 4.78 is 46.1. The highest BCUT2D eigenvalue weighted by molar-refractivity contribution is 7.91. The van der Waals surface area contributed by atoms with E-state index >= 15 is 0 Å². The molecule has 3 saturated carbocycles. The van der Waals surface area contributed by atoms with E-state index in [1.165, 1.54) is 11.0 Å². The van der Waals surface area contributed by atoms with E-state index in [9.17, 15) is 27.6 Å². The molecule has 1 aromatic carbocycles. The average molecular weight is 806 g/mol. The number of urea groups is 1. The zero-order valence-corrected chi connectivity index (χ0v) is 33.0. The summed E-state index contributed by atoms with van der Waals surface area (Å²) >= 11 is 0. The maximum Gasteiger partial charge on any atom is 0.320 e. The first-order chi connectivity index (χ1) is 27.5. The lowest BCUT2D eigenvalue weighted by Crippen LogP contribution is -2.59. The van der Waals surface area contributed by atoms with Gasteiger partial charge in [-0.05, 0) is 69.1 Å². The van der Waals surface area contributed by atoms with E-state index in [1.807, 2.05) is 37.3 Å². The predicted molar refractivity (Wildman–Crippen MR) is 208 cm³/mol. The molecule has 0 spiro atoms. The second-order valence-corrected chi connectivity index (χ2v) is 18.2. The van der Waals surface area contributed by atoms with Gasteiger partial charge in [0.05, 0.1) is 42.5 Å². The number of rotatable bonds is 9. The van der Waals surface area contributed by atoms with Crippen molar-refractivity contribution in [2.24, 2.45) is 17.8 Å². The number of carbonyl (C=O) groups is 4. The number of amides is 5. The first-order valence-corrected chi connectivity index (χ1v) is 21.7. The Hall–Kier alpha value is -4.77. The quantitative estimate of drug-likeness (QED) is 0.315. The minimum atomic E-state index is -3.90. The summed E-state index contributed by atoms with van der Waals surface area (Å²) in [6, 6.07) is 3.41. The molecule has 2 saturated heterocycles. The summed E-state index contributed by atoms with van der Waals surface area (Å²) in [5.41, 5.74) is -0.116. The number of aromatic nitrogens is 2. The number of hydrogen-bond donors (Lipinski definition) is 3. The average Bonchev–Trinajstić information content (AvgIpc) is 3.96. The van der Waals surface area contributed by atoms with E-state index in [1.54, 1.807) is 4.90 Å². The van der Waals surface area contributed by atoms with Crippen molar-refractivity contribution in [3.8, 4) is 11.9 Å². The van der Waals surface area contributed by atoms with Crippen LogP contribution >= 0.6 is 0 Å². The van der Waals surface area contributed by atoms with Crippen LogP contribution in [0.3, 0.4) is 0 Å². The predicted octanol–water partition coefficient (Wildman–Crippen LogP) is 2.68. The molecular formula is C40H51N7O9S. The zero-order valence-electron chi connectivity index (χ0n) is 32.2. The molecule has 6 atom stereocenters. The minimum Gasteiger partial charge on any atom is -0.472 e. The van der Waals surface area contributed by atoms with Crippen LogP contribution in [0.1, 0.15) is 70.3 Å². The van der Waals surface area contributed by atoms with Gasteiger partial charge in [0.25, 0.3) is 5.91 Å². The summed E-state index contributed by atoms with van der Waals surface area (Å²) in [7, 11) is -3.90. The first-order valence-electron chi connectivity index (χ1n) is 20.2. The maximum absolute atomic E-state index is 14.9. The zero-order chi connectivity index (χ0) is 39.9. The molecule has 16 nitrogen and oxygen atoms in total. The van der Waals surface area contributed by atoms with Crippen LogP contribution in [0.15, 0.2) is 36.9 Å². The SMILES string of the molecule is C=CC1C[C@]1(NC(=O)[C@@H]1C[C@@H]2CN1C(=O)[C@H](C1CCCC1)NC(=O)N1CC[C@H](COC/C=C/c3ccc4nc(OCC)nc(c4c3)O2)C1)C(=O)NS(=O)(=O)C1CC1. The Kier molecular flexibility index (Phi) is 10.9. The highest BCUT2D eigenvalue weighted by Gasteiger charge is 2.62. The number of benzene rings is 1. The highest BCUT2D eigenvalue weighted by Crippen LogP contribution is 2.46. The third kappa shape index (κ3) is 8.18. The Labute approximate surface area is 332 Å². The van der Waals surface area contributed by atoms with E-state index in [4.69, 9.17) is 14.2 Å². The van der Waals surface area contributed by atoms with Crippen LogP contribution in [0, 0.1) is 17.8 Å². The second kappa shape index (κ2) is 15.9. The fraction of sp³-hybridized carbons (Fsp3) is 0.600. The molecule has 1 aromatic heterocycles. The van der Waals surface area contributed by atoms with E-state index in [0.717, 1.165) is 37.7 Å². The summed E-state index contributed by atoms with van der Waals surface area (Å²) in [5.74, 6) is -2.19. The second-order valence-electron chi connectivity index (χ2n) is 16.2. The van der Waals surface area contributed by atoms with Crippen molar-refractivity contribution in [2.45, 2.75) is 93.7 Å². The fourth-order valence-corrected chi connectivity index (χ4v) is 10.1. The van der Waals surface area contributed by atoms with E-state index in [-0.39, 0.29) is 49.1 Å². The maximum atomic E-state index is 14.9. The molecule has 6 bridgehead atoms. The Bertz CT molecular complexity index is 2070. The largest absolute Gasteiger partial charge is 0.472 e. The third-order valence-corrected chi connectivity index (χ3v) is 14.0. The van der Waals surface area contributed by atoms with Gasteiger partial charge in [-0.2, -0.15) is 9.97 Å². The lowest BCUT2D eigenvalue weighted by molar-refractivity contribution is -0.142. The number of nitrogens with one attached hydrogen (secondary N) is 3. The summed E-state index contributed by atoms with van der Waals surface area (Å²) in [6.45, 7) is 7.81. The Morgan fingerprint density at radius 2 is 1.93 bits per heavy atom. The Balaban J connectivity index is 1.14. The van der Waals surface area contributed by atoms with Crippen LogP contribution < -0.4 is 24.8 Å². The van der Waals surface area contributed by atoms with Crippen LogP contribution in [-0.4, -0.2) is 120 Å². The molecule has 4 heterocycles. The number of ether oxygens (including phenoxy) is 3. The number of carbonyl (C=O) groups excluding carboxylic acids is 4. The standard InChI is InChI=1S/C40H51N7O9S/c1-3-27-20-40(27,37(50)45-57(52,53)29-12-13-29)44-34(48)32-19-28-22-47(32)36(49)33(26-9-5-6-10-26)42-39(51)46-16-15-25(21-46)23-54-17-7-8-24-11-14-31-30(18-24)35(56-28)43-38(41-31)55-4-2/h3,7-8,11,14,18,25-29,32-33H,1,4-6,9-10,12-13,15-17,19-23H2,2H3,(H,42,51)(H,44,48)(H,45,50)/b8-7+/t25-,27?,28+,32-,33-,40+/m0/s1. The lowest BCUT2D eigenvalue weighted by atomic mass is 9.96. The molecule has 17 heteroatoms. The molecule has 306 valence electrons. The molecule has 1 unspecified atom stereocenters. The summed E-state index contributed by atoms with van der Waals surface area (Å²) in [6.07, 6.45) is 9.81. The monoisotopic (exact) mass is 805 g/mol. The minimum absolute atomic E-state index is 0.0195. The van der Waals surface area contributed by atoms with Crippen LogP contribution in [0.2, 0.25) is 0 Å². The molecule has 8 rings (SSSR count). The van der Waals surface area contributed by atoms with E-state index in [0.29, 0.717) is 56.7 Å². The van der Waals surface area contributed by atoms with Gasteiger partial charge in [-0.1, -0.05) is 37.1 Å². The third-order valence-electron chi connectivity index (χ3n) is 12.2. The van der Waals surface area contributed by atoms with Crippen LogP contribution in [0.5, 0.6) is 11.9 Å². The molecular weight excluding hydrogens is 755 g/mol. The Morgan fingerprint density at radius 1 is 1.12 bits per heavy atom. The van der Waals surface area contributed by atoms with Crippen molar-refractivity contribution < 1.29 is 41.8 Å². The molecule has 6 aliphatic rings. The van der Waals surface area contributed by atoms with Crippen LogP contribution in [0.4, 0.5) is 4.79 Å². The van der Waals surface area contributed by atoms with Gasteiger partial charge in [0.1, 0.15) is 23.7 Å². The van der Waals surface area contributed by atoms with Crippen molar-refractivity contribution in [2.75, 3.05) is 39.5 Å². The van der Waals surface area contributed by atoms with Gasteiger partial charge >= 0.3 is 12.0 Å². The molecule has 5 amide bonds. The van der Waals surface area contributed by atoms with Gasteiger partial charge < -0.3 is 34.6 Å². The van der Waals surface area contributed by atoms with Crippen LogP contribution in [0.25, 0.3) is 17.0 Å². The molecule has 3 N–H and O–H groups in total. The van der Waals surface area contributed by atoms with E-state index < -0.39 is 62.6 Å². The number of sulfonamides is 1. The van der Waals surface area contributed by atoms with Gasteiger partial charge in [0, 0.05) is 31.3 Å². The summed E-state index contributed by atoms with van der Waals surface area (Å²) in [5, 5.41) is 5.88. The molecule has 3 aliphatic carbocycles. The fourth-order valence-electron chi connectivity index (χ4n) is 8.75. The van der Waals surface area contributed by atoms with Crippen molar-refractivity contribution in [1.29, 1.82) is 0 Å². The Morgan fingerprint density at radius 3 is 2.67 bits per heavy atom. The van der Waals surface area contributed by atoms with Gasteiger partial charge in [0.15, 0.2) is 0 Å². The molecule has 0 radical (unpaired) electrons. The number of nitrogens with zero attached hydrogens (tertiary/aromatic N) is 4. The normalized spacial score (nSPS) is 30.1. The van der Waals surface area contributed by atoms with Gasteiger partial charge in [-0.3, -0.25) is 19.1 Å². The summed E-state index contributed by atoms with van der Waals surface area (Å²) in [4.78, 5) is 69.2. The van der Waals surface area contributed by atoms with Crippen molar-refractivity contribution >= 4 is 50.8 Å². The lowest BCUT2D eigenvalue weighted by Gasteiger charge is -2.33. The number of hydrogen-bond acceptors (Lipinski definition) is 11. The van der Waals surface area contributed by atoms with Gasteiger partial charge in [-0.15, -0.1) is 6.58 Å². The smallest absolute Gasteiger partial charge is 0.320 e. The first kappa shape index (κ1) is 39.1. The molecule has 57 heavy (non-hydrogen) atoms. The van der Waals surface area contributed by atoms with Crippen molar-refractivity contribution in [3.05, 3.63) is 42.5 Å². The van der Waals surface area contributed by atoms with Crippen LogP contribution in [-0.2, 0) is 29.1 Å².